The van der Waals surface area contributed by atoms with Gasteiger partial charge in [-0.1, -0.05) is 25.6 Å². The molecule has 1 fully saturated rings. The number of thioether (sulfide) groups is 1. The van der Waals surface area contributed by atoms with Crippen LogP contribution >= 0.6 is 23.1 Å². The molecule has 0 bridgehead atoms. The number of amides is 1. The van der Waals surface area contributed by atoms with Crippen LogP contribution in [-0.2, 0) is 21.2 Å². The van der Waals surface area contributed by atoms with Crippen LogP contribution in [0.15, 0.2) is 15.5 Å². The number of hydrogen-bond acceptors (Lipinski definition) is 8. The van der Waals surface area contributed by atoms with Gasteiger partial charge in [0.15, 0.2) is 19.8 Å². The van der Waals surface area contributed by atoms with Gasteiger partial charge in [0.25, 0.3) is 5.56 Å². The van der Waals surface area contributed by atoms with Gasteiger partial charge in [-0.25, -0.2) is 18.4 Å². The summed E-state index contributed by atoms with van der Waals surface area (Å²) in [6.07, 6.45) is 3.66. The maximum Gasteiger partial charge on any atom is 0.273 e. The van der Waals surface area contributed by atoms with Gasteiger partial charge in [-0.2, -0.15) is 0 Å². The summed E-state index contributed by atoms with van der Waals surface area (Å²) in [6.45, 7) is 4.26. The van der Waals surface area contributed by atoms with Crippen LogP contribution in [0.3, 0.4) is 0 Å². The topological polar surface area (TPSA) is 102 Å². The first kappa shape index (κ1) is 20.3. The van der Waals surface area contributed by atoms with E-state index in [2.05, 4.69) is 9.97 Å². The molecule has 3 rings (SSSR count). The van der Waals surface area contributed by atoms with Gasteiger partial charge in [-0.05, 0) is 18.6 Å². The molecule has 2 aromatic heterocycles. The van der Waals surface area contributed by atoms with Crippen LogP contribution in [0, 0.1) is 5.92 Å². The quantitative estimate of drug-likeness (QED) is 0.636. The zero-order chi connectivity index (χ0) is 19.8. The molecule has 0 radical (unpaired) electrons. The maximum atomic E-state index is 12.9. The number of carbonyl (C=O) groups excluding carboxylic acids is 1. The summed E-state index contributed by atoms with van der Waals surface area (Å²) in [7, 11) is -3.10. The van der Waals surface area contributed by atoms with Crippen molar-refractivity contribution in [3.63, 3.8) is 0 Å². The molecule has 0 aromatic carbocycles. The molecule has 1 aliphatic rings. The third-order valence-corrected chi connectivity index (χ3v) is 8.14. The zero-order valence-corrected chi connectivity index (χ0v) is 17.9. The summed E-state index contributed by atoms with van der Waals surface area (Å²) in [4.78, 5) is 35.7. The highest BCUT2D eigenvalue weighted by Gasteiger charge is 2.35. The van der Waals surface area contributed by atoms with Gasteiger partial charge < -0.3 is 4.90 Å². The van der Waals surface area contributed by atoms with E-state index in [0.717, 1.165) is 4.34 Å². The molecule has 0 N–H and O–H groups in total. The molecule has 2 aromatic rings. The monoisotopic (exact) mass is 430 g/mol. The van der Waals surface area contributed by atoms with Gasteiger partial charge in [0, 0.05) is 12.6 Å². The number of aromatic nitrogens is 3. The highest BCUT2D eigenvalue weighted by atomic mass is 32.2. The molecule has 0 saturated carbocycles. The summed E-state index contributed by atoms with van der Waals surface area (Å²) >= 11 is 2.70. The minimum atomic E-state index is -3.10. The van der Waals surface area contributed by atoms with Crippen LogP contribution in [0.4, 0.5) is 0 Å². The Morgan fingerprint density at radius 2 is 2.22 bits per heavy atom. The van der Waals surface area contributed by atoms with E-state index in [1.807, 2.05) is 20.1 Å². The van der Waals surface area contributed by atoms with Gasteiger partial charge >= 0.3 is 0 Å². The Labute approximate surface area is 165 Å². The molecule has 1 atom stereocenters. The molecule has 1 amide bonds. The van der Waals surface area contributed by atoms with Crippen molar-refractivity contribution in [3.05, 3.63) is 16.7 Å². The Kier molecular flexibility index (Phi) is 5.92. The van der Waals surface area contributed by atoms with E-state index in [9.17, 15) is 18.0 Å². The Hall–Kier alpha value is -1.46. The van der Waals surface area contributed by atoms with Gasteiger partial charge in [-0.15, -0.1) is 11.3 Å². The number of thiazole rings is 1. The fourth-order valence-electron chi connectivity index (χ4n) is 3.13. The van der Waals surface area contributed by atoms with Crippen molar-refractivity contribution in [2.45, 2.75) is 37.2 Å². The van der Waals surface area contributed by atoms with Crippen LogP contribution in [0.25, 0.3) is 10.3 Å². The minimum Gasteiger partial charge on any atom is -0.337 e. The number of nitrogens with zero attached hydrogens (tertiary/aromatic N) is 4. The predicted octanol–water partition coefficient (Wildman–Crippen LogP) is 1.25. The van der Waals surface area contributed by atoms with Crippen molar-refractivity contribution < 1.29 is 13.2 Å². The van der Waals surface area contributed by atoms with Crippen LogP contribution in [0.5, 0.6) is 0 Å². The Morgan fingerprint density at radius 3 is 2.81 bits per heavy atom. The van der Waals surface area contributed by atoms with Gasteiger partial charge in [0.05, 0.1) is 11.5 Å². The van der Waals surface area contributed by atoms with E-state index in [4.69, 9.17) is 0 Å². The molecule has 11 heteroatoms. The lowest BCUT2D eigenvalue weighted by molar-refractivity contribution is -0.134. The van der Waals surface area contributed by atoms with Crippen molar-refractivity contribution in [2.75, 3.05) is 24.3 Å². The van der Waals surface area contributed by atoms with E-state index in [0.29, 0.717) is 23.3 Å². The molecule has 27 heavy (non-hydrogen) atoms. The lowest BCUT2D eigenvalue weighted by Gasteiger charge is -2.30. The number of carbonyl (C=O) groups is 1. The summed E-state index contributed by atoms with van der Waals surface area (Å²) in [5, 5.41) is 0. The van der Waals surface area contributed by atoms with Crippen LogP contribution in [0.1, 0.15) is 20.3 Å². The SMILES string of the molecule is CSc1nc2ncn(CC(=O)N(CC(C)C)[C@H]3CCS(=O)(=O)C3)c(=O)c2s1. The summed E-state index contributed by atoms with van der Waals surface area (Å²) < 4.78 is 26.1. The number of hydrogen-bond donors (Lipinski definition) is 0. The fourth-order valence-corrected chi connectivity index (χ4v) is 6.33. The average Bonchev–Trinajstić information content (AvgIpc) is 3.18. The molecular formula is C16H22N4O4S3. The van der Waals surface area contributed by atoms with Crippen molar-refractivity contribution in [2.24, 2.45) is 5.92 Å². The van der Waals surface area contributed by atoms with Crippen molar-refractivity contribution in [1.82, 2.24) is 19.4 Å². The Morgan fingerprint density at radius 1 is 1.48 bits per heavy atom. The van der Waals surface area contributed by atoms with E-state index >= 15 is 0 Å². The van der Waals surface area contributed by atoms with Gasteiger partial charge in [0.1, 0.15) is 17.6 Å². The average molecular weight is 431 g/mol. The number of sulfone groups is 1. The first-order chi connectivity index (χ1) is 12.7. The largest absolute Gasteiger partial charge is 0.337 e. The third-order valence-electron chi connectivity index (χ3n) is 4.38. The fraction of sp³-hybridized carbons (Fsp3) is 0.625. The second-order valence-electron chi connectivity index (χ2n) is 7.01. The summed E-state index contributed by atoms with van der Waals surface area (Å²) in [5.41, 5.74) is 0.0914. The molecule has 8 nitrogen and oxygen atoms in total. The molecule has 3 heterocycles. The highest BCUT2D eigenvalue weighted by Crippen LogP contribution is 2.24. The highest BCUT2D eigenvalue weighted by molar-refractivity contribution is 8.00. The zero-order valence-electron chi connectivity index (χ0n) is 15.4. The van der Waals surface area contributed by atoms with Crippen molar-refractivity contribution in [3.8, 4) is 0 Å². The van der Waals surface area contributed by atoms with E-state index < -0.39 is 9.84 Å². The Balaban J connectivity index is 1.86. The van der Waals surface area contributed by atoms with Crippen LogP contribution in [0.2, 0.25) is 0 Å². The normalized spacial score (nSPS) is 19.0. The molecule has 1 aliphatic heterocycles. The van der Waals surface area contributed by atoms with E-state index in [-0.39, 0.29) is 41.5 Å². The van der Waals surface area contributed by atoms with Crippen LogP contribution < -0.4 is 5.56 Å². The molecule has 0 spiro atoms. The van der Waals surface area contributed by atoms with Gasteiger partial charge in [0.2, 0.25) is 5.91 Å². The lowest BCUT2D eigenvalue weighted by atomic mass is 10.1. The molecule has 148 valence electrons. The second-order valence-corrected chi connectivity index (χ2v) is 11.3. The first-order valence-electron chi connectivity index (χ1n) is 8.60. The van der Waals surface area contributed by atoms with E-state index in [1.54, 1.807) is 4.90 Å². The molecule has 0 aliphatic carbocycles. The summed E-state index contributed by atoms with van der Waals surface area (Å²) in [6, 6.07) is -0.330. The van der Waals surface area contributed by atoms with Crippen molar-refractivity contribution >= 4 is 49.2 Å². The molecule has 1 saturated heterocycles. The van der Waals surface area contributed by atoms with Crippen molar-refractivity contribution in [1.29, 1.82) is 0 Å². The van der Waals surface area contributed by atoms with Crippen LogP contribution in [-0.4, -0.2) is 64.1 Å². The number of rotatable bonds is 6. The number of fused-ring (bicyclic) bond motifs is 1. The standard InChI is InChI=1S/C16H22N4O4S3/c1-10(2)6-20(11-4-5-27(23,24)8-11)12(21)7-19-9-17-14-13(15(19)22)26-16(18-14)25-3/h9-11H,4-8H2,1-3H3/t11-/m0/s1. The second kappa shape index (κ2) is 7.88. The lowest BCUT2D eigenvalue weighted by Crippen LogP contribution is -2.45. The molecular weight excluding hydrogens is 408 g/mol. The summed E-state index contributed by atoms with van der Waals surface area (Å²) in [5.74, 6) is 0.0263. The van der Waals surface area contributed by atoms with Gasteiger partial charge in [-0.3, -0.25) is 14.2 Å². The Bertz CT molecular complexity index is 1010. The van der Waals surface area contributed by atoms with E-state index in [1.165, 1.54) is 34.0 Å². The maximum absolute atomic E-state index is 12.9. The molecule has 0 unspecified atom stereocenters. The first-order valence-corrected chi connectivity index (χ1v) is 12.5. The minimum absolute atomic E-state index is 0.0103. The third kappa shape index (κ3) is 4.52. The predicted molar refractivity (Wildman–Crippen MR) is 107 cm³/mol. The smallest absolute Gasteiger partial charge is 0.273 e.